The maximum absolute atomic E-state index is 12.9. The van der Waals surface area contributed by atoms with Gasteiger partial charge in [0.1, 0.15) is 0 Å². The average molecular weight is 423 g/mol. The molecule has 2 aromatic rings. The Kier molecular flexibility index (Phi) is 6.77. The fourth-order valence-corrected chi connectivity index (χ4v) is 5.88. The summed E-state index contributed by atoms with van der Waals surface area (Å²) in [5.41, 5.74) is 0.969. The molecule has 0 saturated carbocycles. The minimum absolute atomic E-state index is 0.0372. The van der Waals surface area contributed by atoms with E-state index in [2.05, 4.69) is 17.1 Å². The number of amides is 1. The predicted molar refractivity (Wildman–Crippen MR) is 111 cm³/mol. The molecule has 1 saturated heterocycles. The lowest BCUT2D eigenvalue weighted by Crippen LogP contribution is -2.42. The van der Waals surface area contributed by atoms with Gasteiger partial charge in [0, 0.05) is 25.2 Å². The second-order valence-electron chi connectivity index (χ2n) is 7.02. The summed E-state index contributed by atoms with van der Waals surface area (Å²) in [6, 6.07) is 9.57. The van der Waals surface area contributed by atoms with E-state index in [0.29, 0.717) is 18.1 Å². The van der Waals surface area contributed by atoms with Crippen molar-refractivity contribution in [3.63, 3.8) is 0 Å². The van der Waals surface area contributed by atoms with Gasteiger partial charge < -0.3 is 9.47 Å². The van der Waals surface area contributed by atoms with Crippen LogP contribution in [0.15, 0.2) is 35.5 Å². The van der Waals surface area contributed by atoms with Crippen LogP contribution in [-0.4, -0.2) is 63.8 Å². The zero-order chi connectivity index (χ0) is 20.1. The number of carbonyl (C=O) groups excluding carboxylic acids is 1. The van der Waals surface area contributed by atoms with Crippen LogP contribution in [0.1, 0.15) is 26.2 Å². The van der Waals surface area contributed by atoms with Crippen LogP contribution < -0.4 is 0 Å². The fraction of sp³-hybridized carbons (Fsp3) is 0.526. The molecule has 3 rings (SSSR count). The maximum atomic E-state index is 12.9. The molecular weight excluding hydrogens is 396 g/mol. The highest BCUT2D eigenvalue weighted by Crippen LogP contribution is 2.24. The minimum Gasteiger partial charge on any atom is -0.338 e. The number of unbranched alkanes of at least 4 members (excludes halogenated alkanes) is 1. The molecule has 2 heterocycles. The molecule has 1 aromatic heterocycles. The van der Waals surface area contributed by atoms with E-state index in [1.165, 1.54) is 11.8 Å². The molecule has 1 aromatic carbocycles. The third-order valence-corrected chi connectivity index (χ3v) is 7.67. The van der Waals surface area contributed by atoms with Crippen LogP contribution in [0.5, 0.6) is 0 Å². The number of aromatic nitrogens is 3. The smallest absolute Gasteiger partial charge is 0.233 e. The second kappa shape index (κ2) is 9.09. The number of rotatable bonds is 8. The van der Waals surface area contributed by atoms with Gasteiger partial charge in [0.15, 0.2) is 20.8 Å². The second-order valence-corrected chi connectivity index (χ2v) is 10.2. The van der Waals surface area contributed by atoms with E-state index in [1.807, 2.05) is 41.9 Å². The van der Waals surface area contributed by atoms with Crippen molar-refractivity contribution in [2.45, 2.75) is 37.4 Å². The Balaban J connectivity index is 1.67. The molecule has 1 fully saturated rings. The first-order valence-corrected chi connectivity index (χ1v) is 12.3. The van der Waals surface area contributed by atoms with Gasteiger partial charge >= 0.3 is 0 Å². The molecule has 7 nitrogen and oxygen atoms in total. The van der Waals surface area contributed by atoms with Gasteiger partial charge in [-0.3, -0.25) is 4.79 Å². The Morgan fingerprint density at radius 3 is 2.68 bits per heavy atom. The Morgan fingerprint density at radius 1 is 1.29 bits per heavy atom. The Bertz CT molecular complexity index is 913. The molecule has 1 aliphatic rings. The van der Waals surface area contributed by atoms with Gasteiger partial charge in [0.25, 0.3) is 0 Å². The van der Waals surface area contributed by atoms with Crippen molar-refractivity contribution in [3.8, 4) is 11.4 Å². The molecule has 0 aliphatic carbocycles. The first-order chi connectivity index (χ1) is 13.4. The number of hydrogen-bond acceptors (Lipinski definition) is 6. The molecule has 0 bridgehead atoms. The summed E-state index contributed by atoms with van der Waals surface area (Å²) in [6.45, 7) is 2.66. The first-order valence-electron chi connectivity index (χ1n) is 9.49. The van der Waals surface area contributed by atoms with Gasteiger partial charge in [0.2, 0.25) is 5.91 Å². The van der Waals surface area contributed by atoms with Crippen LogP contribution in [0.25, 0.3) is 11.4 Å². The predicted octanol–water partition coefficient (Wildman–Crippen LogP) is 2.39. The Hall–Kier alpha value is -1.87. The minimum atomic E-state index is -3.03. The summed E-state index contributed by atoms with van der Waals surface area (Å²) in [4.78, 5) is 14.6. The zero-order valence-electron chi connectivity index (χ0n) is 16.2. The fourth-order valence-electron chi connectivity index (χ4n) is 3.35. The lowest BCUT2D eigenvalue weighted by Gasteiger charge is -2.28. The molecule has 0 spiro atoms. The summed E-state index contributed by atoms with van der Waals surface area (Å²) >= 11 is 1.34. The molecular formula is C19H26N4O3S2. The van der Waals surface area contributed by atoms with Crippen LogP contribution in [0, 0.1) is 0 Å². The van der Waals surface area contributed by atoms with Gasteiger partial charge in [-0.1, -0.05) is 55.4 Å². The third-order valence-electron chi connectivity index (χ3n) is 4.91. The van der Waals surface area contributed by atoms with Crippen molar-refractivity contribution < 1.29 is 13.2 Å². The van der Waals surface area contributed by atoms with Gasteiger partial charge in [0.05, 0.1) is 17.3 Å². The normalized spacial score (nSPS) is 18.3. The van der Waals surface area contributed by atoms with Crippen LogP contribution in [-0.2, 0) is 21.7 Å². The number of carbonyl (C=O) groups is 1. The summed E-state index contributed by atoms with van der Waals surface area (Å²) in [5, 5.41) is 9.13. The van der Waals surface area contributed by atoms with Crippen LogP contribution in [0.4, 0.5) is 0 Å². The van der Waals surface area contributed by atoms with E-state index < -0.39 is 9.84 Å². The molecule has 1 atom stereocenters. The molecule has 9 heteroatoms. The number of thioether (sulfide) groups is 1. The average Bonchev–Trinajstić information content (AvgIpc) is 3.23. The molecule has 0 radical (unpaired) electrons. The summed E-state index contributed by atoms with van der Waals surface area (Å²) < 4.78 is 25.6. The lowest BCUT2D eigenvalue weighted by atomic mass is 10.2. The molecule has 1 amide bonds. The first kappa shape index (κ1) is 20.9. The highest BCUT2D eigenvalue weighted by atomic mass is 32.2. The van der Waals surface area contributed by atoms with Crippen LogP contribution in [0.2, 0.25) is 0 Å². The highest BCUT2D eigenvalue weighted by Gasteiger charge is 2.34. The molecule has 1 aliphatic heterocycles. The molecule has 152 valence electrons. The third kappa shape index (κ3) is 4.94. The van der Waals surface area contributed by atoms with Gasteiger partial charge in [-0.05, 0) is 12.8 Å². The van der Waals surface area contributed by atoms with E-state index in [0.717, 1.165) is 24.2 Å². The Morgan fingerprint density at radius 2 is 2.04 bits per heavy atom. The highest BCUT2D eigenvalue weighted by molar-refractivity contribution is 7.99. The van der Waals surface area contributed by atoms with Crippen molar-refractivity contribution in [1.82, 2.24) is 19.7 Å². The number of benzene rings is 1. The summed E-state index contributed by atoms with van der Waals surface area (Å²) in [6.07, 6.45) is 2.36. The van der Waals surface area contributed by atoms with Gasteiger partial charge in [-0.2, -0.15) is 0 Å². The van der Waals surface area contributed by atoms with Crippen molar-refractivity contribution in [2.24, 2.45) is 7.05 Å². The van der Waals surface area contributed by atoms with E-state index in [1.54, 1.807) is 4.90 Å². The molecule has 28 heavy (non-hydrogen) atoms. The Labute approximate surface area is 170 Å². The van der Waals surface area contributed by atoms with E-state index >= 15 is 0 Å². The van der Waals surface area contributed by atoms with E-state index in [-0.39, 0.29) is 29.2 Å². The maximum Gasteiger partial charge on any atom is 0.233 e. The lowest BCUT2D eigenvalue weighted by molar-refractivity contribution is -0.130. The van der Waals surface area contributed by atoms with Crippen molar-refractivity contribution in [2.75, 3.05) is 23.8 Å². The zero-order valence-corrected chi connectivity index (χ0v) is 17.9. The molecule has 0 unspecified atom stereocenters. The SMILES string of the molecule is CCCCN(C(=O)CSc1nnc(-c2ccccc2)n1C)[C@@H]1CCS(=O)(=O)C1. The van der Waals surface area contributed by atoms with E-state index in [4.69, 9.17) is 0 Å². The number of sulfone groups is 1. The topological polar surface area (TPSA) is 85.2 Å². The number of hydrogen-bond donors (Lipinski definition) is 0. The monoisotopic (exact) mass is 422 g/mol. The largest absolute Gasteiger partial charge is 0.338 e. The molecule has 0 N–H and O–H groups in total. The van der Waals surface area contributed by atoms with Crippen molar-refractivity contribution in [1.29, 1.82) is 0 Å². The van der Waals surface area contributed by atoms with Crippen molar-refractivity contribution in [3.05, 3.63) is 30.3 Å². The van der Waals surface area contributed by atoms with Gasteiger partial charge in [-0.25, -0.2) is 8.42 Å². The van der Waals surface area contributed by atoms with Crippen LogP contribution in [0.3, 0.4) is 0 Å². The summed E-state index contributed by atoms with van der Waals surface area (Å²) in [7, 11) is -1.14. The summed E-state index contributed by atoms with van der Waals surface area (Å²) in [5.74, 6) is 1.19. The van der Waals surface area contributed by atoms with Crippen molar-refractivity contribution >= 4 is 27.5 Å². The van der Waals surface area contributed by atoms with E-state index in [9.17, 15) is 13.2 Å². The van der Waals surface area contributed by atoms with Gasteiger partial charge in [-0.15, -0.1) is 10.2 Å². The van der Waals surface area contributed by atoms with Crippen LogP contribution >= 0.6 is 11.8 Å². The number of nitrogens with zero attached hydrogens (tertiary/aromatic N) is 4. The standard InChI is InChI=1S/C19H26N4O3S2/c1-3-4-11-23(16-10-12-28(25,26)14-16)17(24)13-27-19-21-20-18(22(19)2)15-8-6-5-7-9-15/h5-9,16H,3-4,10-14H2,1-2H3/t16-/m1/s1. The quantitative estimate of drug-likeness (QED) is 0.607.